The molecule has 1 saturated carbocycles. The van der Waals surface area contributed by atoms with Crippen molar-refractivity contribution in [2.45, 2.75) is 70.0 Å². The zero-order valence-electron chi connectivity index (χ0n) is 18.7. The molecule has 2 aliphatic heterocycles. The monoisotopic (exact) mass is 430 g/mol. The standard InChI is InChI=1S/C22H34N6O3/c1-22(21(31)24-16-8-3-4-9-16)15-28-18(20(30)26(22)2)14-17(25-28)19(29)23-10-7-13-27-11-5-6-12-27/h14,16H,3-13,15H2,1-2H3,(H,23,29)(H,24,31)/t22-/m0/s1. The number of fused-ring (bicyclic) bond motifs is 1. The number of likely N-dealkylation sites (N-methyl/N-ethyl adjacent to an activating group) is 1. The molecule has 0 aromatic carbocycles. The summed E-state index contributed by atoms with van der Waals surface area (Å²) in [5.41, 5.74) is -0.475. The minimum absolute atomic E-state index is 0.163. The van der Waals surface area contributed by atoms with E-state index in [-0.39, 0.29) is 36.0 Å². The average molecular weight is 431 g/mol. The largest absolute Gasteiger partial charge is 0.351 e. The topological polar surface area (TPSA) is 99.6 Å². The molecule has 1 saturated heterocycles. The quantitative estimate of drug-likeness (QED) is 0.629. The Labute approximate surface area is 183 Å². The molecule has 170 valence electrons. The zero-order valence-corrected chi connectivity index (χ0v) is 18.7. The highest BCUT2D eigenvalue weighted by molar-refractivity contribution is 6.01. The molecule has 0 unspecified atom stereocenters. The van der Waals surface area contributed by atoms with Crippen molar-refractivity contribution < 1.29 is 14.4 Å². The van der Waals surface area contributed by atoms with Crippen molar-refractivity contribution in [3.63, 3.8) is 0 Å². The van der Waals surface area contributed by atoms with Crippen LogP contribution in [-0.2, 0) is 11.3 Å². The number of nitrogens with one attached hydrogen (secondary N) is 2. The SMILES string of the molecule is CN1C(=O)c2cc(C(=O)NCCCN3CCCC3)nn2C[C@@]1(C)C(=O)NC1CCCC1. The lowest BCUT2D eigenvalue weighted by atomic mass is 9.95. The summed E-state index contributed by atoms with van der Waals surface area (Å²) in [6.07, 6.45) is 7.61. The zero-order chi connectivity index (χ0) is 22.0. The van der Waals surface area contributed by atoms with E-state index in [9.17, 15) is 14.4 Å². The molecule has 0 spiro atoms. The van der Waals surface area contributed by atoms with Crippen molar-refractivity contribution in [3.05, 3.63) is 17.5 Å². The number of carbonyl (C=O) groups excluding carboxylic acids is 3. The highest BCUT2D eigenvalue weighted by Crippen LogP contribution is 2.27. The maximum atomic E-state index is 13.0. The molecular formula is C22H34N6O3. The van der Waals surface area contributed by atoms with E-state index in [4.69, 9.17) is 0 Å². The first-order chi connectivity index (χ1) is 14.9. The molecule has 0 bridgehead atoms. The normalized spacial score (nSPS) is 24.5. The number of amides is 3. The molecule has 1 atom stereocenters. The molecular weight excluding hydrogens is 396 g/mol. The van der Waals surface area contributed by atoms with Crippen LogP contribution in [0.5, 0.6) is 0 Å². The van der Waals surface area contributed by atoms with Crippen LogP contribution in [0.2, 0.25) is 0 Å². The number of hydrogen-bond acceptors (Lipinski definition) is 5. The van der Waals surface area contributed by atoms with Gasteiger partial charge < -0.3 is 20.4 Å². The molecule has 3 amide bonds. The summed E-state index contributed by atoms with van der Waals surface area (Å²) in [6, 6.07) is 1.71. The lowest BCUT2D eigenvalue weighted by molar-refractivity contribution is -0.133. The van der Waals surface area contributed by atoms with Crippen molar-refractivity contribution >= 4 is 17.7 Å². The van der Waals surface area contributed by atoms with Crippen LogP contribution in [0.25, 0.3) is 0 Å². The van der Waals surface area contributed by atoms with Gasteiger partial charge in [-0.1, -0.05) is 12.8 Å². The summed E-state index contributed by atoms with van der Waals surface area (Å²) in [7, 11) is 1.64. The summed E-state index contributed by atoms with van der Waals surface area (Å²) in [4.78, 5) is 42.5. The summed E-state index contributed by atoms with van der Waals surface area (Å²) >= 11 is 0. The summed E-state index contributed by atoms with van der Waals surface area (Å²) in [5, 5.41) is 10.4. The van der Waals surface area contributed by atoms with Crippen LogP contribution in [0.4, 0.5) is 0 Å². The van der Waals surface area contributed by atoms with Gasteiger partial charge in [0.15, 0.2) is 5.69 Å². The third kappa shape index (κ3) is 4.46. The van der Waals surface area contributed by atoms with Crippen LogP contribution in [0.3, 0.4) is 0 Å². The van der Waals surface area contributed by atoms with Gasteiger partial charge in [0.25, 0.3) is 11.8 Å². The van der Waals surface area contributed by atoms with E-state index < -0.39 is 5.54 Å². The third-order valence-corrected chi connectivity index (χ3v) is 7.05. The van der Waals surface area contributed by atoms with E-state index in [1.807, 2.05) is 0 Å². The second kappa shape index (κ2) is 8.98. The molecule has 2 N–H and O–H groups in total. The van der Waals surface area contributed by atoms with Gasteiger partial charge in [0.05, 0.1) is 6.54 Å². The van der Waals surface area contributed by atoms with Crippen molar-refractivity contribution in [1.82, 2.24) is 30.2 Å². The molecule has 0 radical (unpaired) electrons. The fraction of sp³-hybridized carbons (Fsp3) is 0.727. The van der Waals surface area contributed by atoms with Crippen LogP contribution in [-0.4, -0.2) is 82.1 Å². The van der Waals surface area contributed by atoms with Gasteiger partial charge in [0.2, 0.25) is 5.91 Å². The molecule has 1 aromatic rings. The number of carbonyl (C=O) groups is 3. The number of likely N-dealkylation sites (tertiary alicyclic amines) is 1. The Kier molecular flexibility index (Phi) is 6.31. The fourth-order valence-electron chi connectivity index (χ4n) is 4.85. The highest BCUT2D eigenvalue weighted by atomic mass is 16.2. The number of nitrogens with zero attached hydrogens (tertiary/aromatic N) is 4. The minimum Gasteiger partial charge on any atom is -0.351 e. The second-order valence-corrected chi connectivity index (χ2v) is 9.32. The molecule has 3 heterocycles. The number of aromatic nitrogens is 2. The Morgan fingerprint density at radius 2 is 1.90 bits per heavy atom. The predicted octanol–water partition coefficient (Wildman–Crippen LogP) is 1.00. The first-order valence-electron chi connectivity index (χ1n) is 11.6. The molecule has 3 aliphatic rings. The Bertz CT molecular complexity index is 840. The van der Waals surface area contributed by atoms with Gasteiger partial charge in [0.1, 0.15) is 11.2 Å². The van der Waals surface area contributed by atoms with Gasteiger partial charge in [-0.05, 0) is 58.7 Å². The van der Waals surface area contributed by atoms with E-state index in [0.29, 0.717) is 12.2 Å². The summed E-state index contributed by atoms with van der Waals surface area (Å²) < 4.78 is 1.51. The molecule has 31 heavy (non-hydrogen) atoms. The third-order valence-electron chi connectivity index (χ3n) is 7.05. The number of rotatable bonds is 7. The van der Waals surface area contributed by atoms with Gasteiger partial charge >= 0.3 is 0 Å². The van der Waals surface area contributed by atoms with E-state index in [0.717, 1.165) is 51.7 Å². The maximum Gasteiger partial charge on any atom is 0.272 e. The van der Waals surface area contributed by atoms with Crippen LogP contribution in [0.1, 0.15) is 72.8 Å². The van der Waals surface area contributed by atoms with Crippen molar-refractivity contribution in [3.8, 4) is 0 Å². The highest BCUT2D eigenvalue weighted by Gasteiger charge is 2.46. The van der Waals surface area contributed by atoms with Crippen molar-refractivity contribution in [1.29, 1.82) is 0 Å². The Morgan fingerprint density at radius 1 is 1.19 bits per heavy atom. The van der Waals surface area contributed by atoms with Gasteiger partial charge in [-0.25, -0.2) is 0 Å². The van der Waals surface area contributed by atoms with E-state index in [2.05, 4.69) is 20.6 Å². The molecule has 1 aliphatic carbocycles. The first-order valence-corrected chi connectivity index (χ1v) is 11.6. The van der Waals surface area contributed by atoms with Crippen molar-refractivity contribution in [2.75, 3.05) is 33.2 Å². The van der Waals surface area contributed by atoms with E-state index >= 15 is 0 Å². The smallest absolute Gasteiger partial charge is 0.272 e. The van der Waals surface area contributed by atoms with Crippen LogP contribution in [0.15, 0.2) is 6.07 Å². The second-order valence-electron chi connectivity index (χ2n) is 9.32. The Hall–Kier alpha value is -2.42. The number of hydrogen-bond donors (Lipinski definition) is 2. The van der Waals surface area contributed by atoms with Gasteiger partial charge in [-0.2, -0.15) is 5.10 Å². The van der Waals surface area contributed by atoms with Gasteiger partial charge in [0, 0.05) is 25.7 Å². The summed E-state index contributed by atoms with van der Waals surface area (Å²) in [5.74, 6) is -0.740. The van der Waals surface area contributed by atoms with Gasteiger partial charge in [-0.15, -0.1) is 0 Å². The van der Waals surface area contributed by atoms with Crippen LogP contribution in [0, 0.1) is 0 Å². The first kappa shape index (κ1) is 21.8. The molecule has 2 fully saturated rings. The summed E-state index contributed by atoms with van der Waals surface area (Å²) in [6.45, 7) is 5.84. The molecule has 1 aromatic heterocycles. The minimum atomic E-state index is -1.04. The average Bonchev–Trinajstić information content (AvgIpc) is 3.51. The Morgan fingerprint density at radius 3 is 2.61 bits per heavy atom. The van der Waals surface area contributed by atoms with E-state index in [1.165, 1.54) is 28.5 Å². The van der Waals surface area contributed by atoms with Crippen molar-refractivity contribution in [2.24, 2.45) is 0 Å². The molecule has 9 nitrogen and oxygen atoms in total. The maximum absolute atomic E-state index is 13.0. The van der Waals surface area contributed by atoms with E-state index in [1.54, 1.807) is 14.0 Å². The van der Waals surface area contributed by atoms with Crippen LogP contribution < -0.4 is 10.6 Å². The fourth-order valence-corrected chi connectivity index (χ4v) is 4.85. The molecule has 4 rings (SSSR count). The predicted molar refractivity (Wildman–Crippen MR) is 116 cm³/mol. The van der Waals surface area contributed by atoms with Crippen LogP contribution >= 0.6 is 0 Å². The van der Waals surface area contributed by atoms with Gasteiger partial charge in [-0.3, -0.25) is 19.1 Å². The Balaban J connectivity index is 1.38. The lowest BCUT2D eigenvalue weighted by Crippen LogP contribution is -2.63. The molecule has 9 heteroatoms. The lowest BCUT2D eigenvalue weighted by Gasteiger charge is -2.41.